The van der Waals surface area contributed by atoms with Crippen LogP contribution < -0.4 is 5.73 Å². The van der Waals surface area contributed by atoms with Crippen LogP contribution in [0.1, 0.15) is 44.9 Å². The third-order valence-corrected chi connectivity index (χ3v) is 4.77. The molecule has 1 atom stereocenters. The molecular formula is C14H26N2O. The molecule has 0 aromatic rings. The van der Waals surface area contributed by atoms with Gasteiger partial charge in [0.15, 0.2) is 0 Å². The van der Waals surface area contributed by atoms with E-state index in [2.05, 4.69) is 4.90 Å². The van der Waals surface area contributed by atoms with Gasteiger partial charge in [0.2, 0.25) is 0 Å². The van der Waals surface area contributed by atoms with Gasteiger partial charge in [0.1, 0.15) is 0 Å². The van der Waals surface area contributed by atoms with Gasteiger partial charge in [0.05, 0.1) is 0 Å². The molecule has 1 heterocycles. The van der Waals surface area contributed by atoms with Crippen molar-refractivity contribution in [3.05, 3.63) is 0 Å². The number of ether oxygens (including phenoxy) is 1. The molecule has 1 saturated heterocycles. The van der Waals surface area contributed by atoms with Crippen LogP contribution in [-0.4, -0.2) is 42.8 Å². The zero-order chi connectivity index (χ0) is 11.7. The molecule has 0 radical (unpaired) electrons. The molecule has 3 fully saturated rings. The average Bonchev–Trinajstić information content (AvgIpc) is 3.21. The number of nitrogens with zero attached hydrogens (tertiary/aromatic N) is 1. The summed E-state index contributed by atoms with van der Waals surface area (Å²) in [5.41, 5.74) is 6.44. The van der Waals surface area contributed by atoms with E-state index in [1.165, 1.54) is 45.1 Å². The van der Waals surface area contributed by atoms with Crippen molar-refractivity contribution in [3.8, 4) is 0 Å². The summed E-state index contributed by atoms with van der Waals surface area (Å²) in [6.07, 6.45) is 9.26. The minimum atomic E-state index is 0.264. The molecule has 1 unspecified atom stereocenters. The van der Waals surface area contributed by atoms with E-state index in [9.17, 15) is 0 Å². The van der Waals surface area contributed by atoms with Crippen molar-refractivity contribution in [2.75, 3.05) is 26.3 Å². The lowest BCUT2D eigenvalue weighted by atomic mass is 9.87. The van der Waals surface area contributed by atoms with Gasteiger partial charge >= 0.3 is 0 Å². The largest absolute Gasteiger partial charge is 0.381 e. The van der Waals surface area contributed by atoms with Crippen LogP contribution in [0.25, 0.3) is 0 Å². The van der Waals surface area contributed by atoms with Gasteiger partial charge in [-0.05, 0) is 50.9 Å². The second-order valence-corrected chi connectivity index (χ2v) is 6.22. The lowest BCUT2D eigenvalue weighted by molar-refractivity contribution is 0.0553. The van der Waals surface area contributed by atoms with E-state index < -0.39 is 0 Å². The summed E-state index contributed by atoms with van der Waals surface area (Å²) in [5, 5.41) is 0. The molecule has 17 heavy (non-hydrogen) atoms. The molecule has 2 saturated carbocycles. The van der Waals surface area contributed by atoms with Crippen LogP contribution in [0.5, 0.6) is 0 Å². The lowest BCUT2D eigenvalue weighted by Gasteiger charge is -2.43. The van der Waals surface area contributed by atoms with Gasteiger partial charge in [0, 0.05) is 37.9 Å². The summed E-state index contributed by atoms with van der Waals surface area (Å²) >= 11 is 0. The minimum absolute atomic E-state index is 0.264. The Morgan fingerprint density at radius 2 is 1.94 bits per heavy atom. The van der Waals surface area contributed by atoms with E-state index in [1.807, 2.05) is 0 Å². The smallest absolute Gasteiger partial charge is 0.0484 e. The molecule has 3 heteroatoms. The van der Waals surface area contributed by atoms with Crippen molar-refractivity contribution in [1.29, 1.82) is 0 Å². The maximum absolute atomic E-state index is 6.17. The molecule has 2 aliphatic carbocycles. The minimum Gasteiger partial charge on any atom is -0.381 e. The fourth-order valence-electron chi connectivity index (χ4n) is 3.30. The molecule has 98 valence electrons. The maximum Gasteiger partial charge on any atom is 0.0484 e. The first-order valence-corrected chi connectivity index (χ1v) is 7.39. The first kappa shape index (κ1) is 11.9. The summed E-state index contributed by atoms with van der Waals surface area (Å²) in [7, 11) is 0. The predicted molar refractivity (Wildman–Crippen MR) is 68.9 cm³/mol. The number of rotatable bonds is 5. The Kier molecular flexibility index (Phi) is 3.42. The molecule has 0 bridgehead atoms. The summed E-state index contributed by atoms with van der Waals surface area (Å²) in [5.74, 6) is 0.975. The van der Waals surface area contributed by atoms with Gasteiger partial charge in [0.25, 0.3) is 0 Å². The van der Waals surface area contributed by atoms with Crippen LogP contribution in [0.3, 0.4) is 0 Å². The van der Waals surface area contributed by atoms with Crippen molar-refractivity contribution >= 4 is 0 Å². The average molecular weight is 238 g/mol. The first-order valence-electron chi connectivity index (χ1n) is 7.39. The van der Waals surface area contributed by atoms with Gasteiger partial charge < -0.3 is 10.5 Å². The quantitative estimate of drug-likeness (QED) is 0.793. The van der Waals surface area contributed by atoms with Crippen LogP contribution in [0.2, 0.25) is 0 Å². The number of nitrogens with two attached hydrogens (primary N) is 1. The Balaban J connectivity index is 1.73. The van der Waals surface area contributed by atoms with Crippen LogP contribution in [0.15, 0.2) is 0 Å². The summed E-state index contributed by atoms with van der Waals surface area (Å²) in [6.45, 7) is 3.97. The zero-order valence-electron chi connectivity index (χ0n) is 10.9. The van der Waals surface area contributed by atoms with Crippen molar-refractivity contribution in [2.24, 2.45) is 11.7 Å². The molecular weight excluding hydrogens is 212 g/mol. The summed E-state index contributed by atoms with van der Waals surface area (Å²) in [4.78, 5) is 2.79. The van der Waals surface area contributed by atoms with E-state index in [0.717, 1.165) is 38.1 Å². The molecule has 1 aliphatic heterocycles. The van der Waals surface area contributed by atoms with Crippen molar-refractivity contribution < 1.29 is 4.74 Å². The van der Waals surface area contributed by atoms with E-state index in [1.54, 1.807) is 0 Å². The predicted octanol–water partition coefficient (Wildman–Crippen LogP) is 1.76. The van der Waals surface area contributed by atoms with Crippen LogP contribution in [0, 0.1) is 5.92 Å². The zero-order valence-corrected chi connectivity index (χ0v) is 10.9. The van der Waals surface area contributed by atoms with Crippen LogP contribution in [0.4, 0.5) is 0 Å². The van der Waals surface area contributed by atoms with Gasteiger partial charge in [-0.1, -0.05) is 0 Å². The fourth-order valence-corrected chi connectivity index (χ4v) is 3.30. The third kappa shape index (κ3) is 2.67. The van der Waals surface area contributed by atoms with E-state index in [4.69, 9.17) is 10.5 Å². The number of hydrogen-bond donors (Lipinski definition) is 1. The van der Waals surface area contributed by atoms with E-state index in [-0.39, 0.29) is 5.54 Å². The molecule has 0 aromatic heterocycles. The summed E-state index contributed by atoms with van der Waals surface area (Å²) in [6, 6.07) is 0.845. The monoisotopic (exact) mass is 238 g/mol. The molecule has 0 spiro atoms. The number of hydrogen-bond acceptors (Lipinski definition) is 3. The highest BCUT2D eigenvalue weighted by Gasteiger charge is 2.45. The highest BCUT2D eigenvalue weighted by atomic mass is 16.5. The second-order valence-electron chi connectivity index (χ2n) is 6.22. The second kappa shape index (κ2) is 4.87. The highest BCUT2D eigenvalue weighted by molar-refractivity contribution is 5.01. The molecule has 3 aliphatic rings. The van der Waals surface area contributed by atoms with E-state index in [0.29, 0.717) is 0 Å². The topological polar surface area (TPSA) is 38.5 Å². The Morgan fingerprint density at radius 1 is 1.12 bits per heavy atom. The SMILES string of the molecule is NCC1(N(CC2CC2)C2CC2)CCCOCC1. The molecule has 0 amide bonds. The molecule has 0 aromatic carbocycles. The molecule has 3 nitrogen and oxygen atoms in total. The van der Waals surface area contributed by atoms with Gasteiger partial charge in [-0.15, -0.1) is 0 Å². The van der Waals surface area contributed by atoms with Gasteiger partial charge in [-0.25, -0.2) is 0 Å². The third-order valence-electron chi connectivity index (χ3n) is 4.77. The van der Waals surface area contributed by atoms with Gasteiger partial charge in [-0.3, -0.25) is 4.90 Å². The normalized spacial score (nSPS) is 34.9. The fraction of sp³-hybridized carbons (Fsp3) is 1.00. The Bertz CT molecular complexity index is 253. The molecule has 2 N–H and O–H groups in total. The van der Waals surface area contributed by atoms with Crippen LogP contribution >= 0.6 is 0 Å². The Labute approximate surface area is 105 Å². The first-order chi connectivity index (χ1) is 8.34. The van der Waals surface area contributed by atoms with Crippen molar-refractivity contribution in [2.45, 2.75) is 56.5 Å². The Morgan fingerprint density at radius 3 is 2.59 bits per heavy atom. The lowest BCUT2D eigenvalue weighted by Crippen LogP contribution is -2.55. The van der Waals surface area contributed by atoms with Crippen LogP contribution in [-0.2, 0) is 4.74 Å². The van der Waals surface area contributed by atoms with Gasteiger partial charge in [-0.2, -0.15) is 0 Å². The highest BCUT2D eigenvalue weighted by Crippen LogP contribution is 2.41. The summed E-state index contributed by atoms with van der Waals surface area (Å²) < 4.78 is 5.64. The van der Waals surface area contributed by atoms with Crippen molar-refractivity contribution in [3.63, 3.8) is 0 Å². The van der Waals surface area contributed by atoms with Crippen molar-refractivity contribution in [1.82, 2.24) is 4.90 Å². The maximum atomic E-state index is 6.17. The molecule has 3 rings (SSSR count). The Hall–Kier alpha value is -0.120. The van der Waals surface area contributed by atoms with E-state index >= 15 is 0 Å². The standard InChI is InChI=1S/C14H26N2O/c15-11-14(6-1-8-17-9-7-14)16(13-4-5-13)10-12-2-3-12/h12-13H,1-11,15H2.